The Kier molecular flexibility index (Phi) is 6.12. The highest BCUT2D eigenvalue weighted by Crippen LogP contribution is 2.29. The number of rotatable bonds is 3. The second-order valence-corrected chi connectivity index (χ2v) is 6.64. The van der Waals surface area contributed by atoms with Crippen LogP contribution in [0.15, 0.2) is 42.7 Å². The Morgan fingerprint density at radius 3 is 2.46 bits per heavy atom. The van der Waals surface area contributed by atoms with E-state index in [0.717, 1.165) is 37.0 Å². The highest BCUT2D eigenvalue weighted by Gasteiger charge is 2.17. The van der Waals surface area contributed by atoms with Crippen LogP contribution < -0.4 is 0 Å². The normalized spacial score (nSPS) is 20.0. The Hall–Kier alpha value is -2.54. The Balaban J connectivity index is 1.61. The summed E-state index contributed by atoms with van der Waals surface area (Å²) in [6.07, 6.45) is 13.6. The van der Waals surface area contributed by atoms with E-state index in [1.807, 2.05) is 0 Å². The molecule has 1 aromatic heterocycles. The van der Waals surface area contributed by atoms with Crippen molar-refractivity contribution in [2.75, 3.05) is 0 Å². The number of hydrogen-bond acceptors (Lipinski definition) is 2. The molecule has 26 heavy (non-hydrogen) atoms. The predicted octanol–water partition coefficient (Wildman–Crippen LogP) is 5.55. The van der Waals surface area contributed by atoms with Crippen LogP contribution in [0.4, 0.5) is 8.78 Å². The van der Waals surface area contributed by atoms with Crippen LogP contribution >= 0.6 is 0 Å². The summed E-state index contributed by atoms with van der Waals surface area (Å²) in [5.41, 5.74) is 1.19. The van der Waals surface area contributed by atoms with Crippen molar-refractivity contribution < 1.29 is 8.78 Å². The Labute approximate surface area is 153 Å². The minimum Gasteiger partial charge on any atom is -0.235 e. The molecule has 0 aliphatic heterocycles. The fourth-order valence-electron chi connectivity index (χ4n) is 3.15. The van der Waals surface area contributed by atoms with Gasteiger partial charge in [-0.05, 0) is 56.2 Å². The molecule has 1 aromatic carbocycles. The van der Waals surface area contributed by atoms with Crippen molar-refractivity contribution in [2.45, 2.75) is 39.0 Å². The van der Waals surface area contributed by atoms with Crippen LogP contribution in [0.2, 0.25) is 0 Å². The maximum absolute atomic E-state index is 13.3. The largest absolute Gasteiger partial charge is 0.235 e. The first-order chi connectivity index (χ1) is 12.7. The SMILES string of the molecule is CCC=CC1CCC(C#Cc2cnc(-c3ccc(F)c(F)c3)nc2)CC1. The quantitative estimate of drug-likeness (QED) is 0.535. The Morgan fingerprint density at radius 1 is 1.08 bits per heavy atom. The van der Waals surface area contributed by atoms with Crippen molar-refractivity contribution in [2.24, 2.45) is 11.8 Å². The number of benzene rings is 1. The lowest BCUT2D eigenvalue weighted by molar-refractivity contribution is 0.364. The zero-order chi connectivity index (χ0) is 18.4. The first-order valence-electron chi connectivity index (χ1n) is 9.11. The minimum absolute atomic E-state index is 0.359. The third-order valence-corrected chi connectivity index (χ3v) is 4.67. The maximum atomic E-state index is 13.3. The van der Waals surface area contributed by atoms with Crippen LogP contribution in [0.5, 0.6) is 0 Å². The van der Waals surface area contributed by atoms with Gasteiger partial charge in [0.25, 0.3) is 0 Å². The van der Waals surface area contributed by atoms with E-state index in [0.29, 0.717) is 23.2 Å². The second kappa shape index (κ2) is 8.71. The van der Waals surface area contributed by atoms with Gasteiger partial charge in [0.15, 0.2) is 17.5 Å². The van der Waals surface area contributed by atoms with Gasteiger partial charge >= 0.3 is 0 Å². The summed E-state index contributed by atoms with van der Waals surface area (Å²) in [5.74, 6) is 6.17. The molecule has 1 aliphatic carbocycles. The molecule has 0 unspecified atom stereocenters. The highest BCUT2D eigenvalue weighted by atomic mass is 19.2. The van der Waals surface area contributed by atoms with Crippen molar-refractivity contribution >= 4 is 0 Å². The topological polar surface area (TPSA) is 25.8 Å². The lowest BCUT2D eigenvalue weighted by Gasteiger charge is -2.23. The zero-order valence-corrected chi connectivity index (χ0v) is 14.9. The average molecular weight is 352 g/mol. The van der Waals surface area contributed by atoms with E-state index in [9.17, 15) is 8.78 Å². The average Bonchev–Trinajstić information content (AvgIpc) is 2.68. The summed E-state index contributed by atoms with van der Waals surface area (Å²) in [6.45, 7) is 2.16. The molecular weight excluding hydrogens is 330 g/mol. The van der Waals surface area contributed by atoms with Gasteiger partial charge in [0.05, 0.1) is 5.56 Å². The third-order valence-electron chi connectivity index (χ3n) is 4.67. The number of halogens is 2. The number of aromatic nitrogens is 2. The van der Waals surface area contributed by atoms with E-state index in [1.54, 1.807) is 12.4 Å². The van der Waals surface area contributed by atoms with E-state index in [4.69, 9.17) is 0 Å². The molecule has 3 rings (SSSR count). The summed E-state index contributed by atoms with van der Waals surface area (Å²) in [6, 6.07) is 3.64. The first-order valence-corrected chi connectivity index (χ1v) is 9.11. The predicted molar refractivity (Wildman–Crippen MR) is 99.1 cm³/mol. The molecule has 2 nitrogen and oxygen atoms in total. The zero-order valence-electron chi connectivity index (χ0n) is 14.9. The molecule has 0 spiro atoms. The molecule has 4 heteroatoms. The molecule has 0 bridgehead atoms. The summed E-state index contributed by atoms with van der Waals surface area (Å²) in [7, 11) is 0. The monoisotopic (exact) mass is 352 g/mol. The van der Waals surface area contributed by atoms with Crippen LogP contribution in [0.25, 0.3) is 11.4 Å². The molecule has 0 atom stereocenters. The Morgan fingerprint density at radius 2 is 1.81 bits per heavy atom. The van der Waals surface area contributed by atoms with Gasteiger partial charge in [0.1, 0.15) is 0 Å². The summed E-state index contributed by atoms with van der Waals surface area (Å²) in [4.78, 5) is 8.43. The van der Waals surface area contributed by atoms with Gasteiger partial charge in [-0.2, -0.15) is 0 Å². The van der Waals surface area contributed by atoms with E-state index in [1.165, 1.54) is 18.9 Å². The molecule has 2 aromatic rings. The van der Waals surface area contributed by atoms with Gasteiger partial charge in [0.2, 0.25) is 0 Å². The van der Waals surface area contributed by atoms with Gasteiger partial charge in [-0.25, -0.2) is 18.7 Å². The van der Waals surface area contributed by atoms with Crippen LogP contribution in [0.1, 0.15) is 44.6 Å². The molecule has 0 amide bonds. The van der Waals surface area contributed by atoms with Crippen LogP contribution in [0, 0.1) is 35.3 Å². The Bertz CT molecular complexity index is 823. The fraction of sp³-hybridized carbons (Fsp3) is 0.364. The molecule has 0 N–H and O–H groups in total. The van der Waals surface area contributed by atoms with Crippen LogP contribution in [-0.4, -0.2) is 9.97 Å². The van der Waals surface area contributed by atoms with Crippen molar-refractivity contribution in [3.63, 3.8) is 0 Å². The third kappa shape index (κ3) is 4.76. The number of hydrogen-bond donors (Lipinski definition) is 0. The van der Waals surface area contributed by atoms with E-state index in [-0.39, 0.29) is 0 Å². The van der Waals surface area contributed by atoms with Gasteiger partial charge in [-0.1, -0.05) is 30.9 Å². The standard InChI is InChI=1S/C22H22F2N2/c1-2-3-4-16-5-7-17(8-6-16)9-10-18-14-25-22(26-15-18)19-11-12-20(23)21(24)13-19/h3-4,11-17H,2,5-8H2,1H3. The van der Waals surface area contributed by atoms with Gasteiger partial charge < -0.3 is 0 Å². The highest BCUT2D eigenvalue weighted by molar-refractivity contribution is 5.55. The molecule has 1 aliphatic rings. The van der Waals surface area contributed by atoms with E-state index >= 15 is 0 Å². The van der Waals surface area contributed by atoms with Crippen molar-refractivity contribution in [3.05, 3.63) is 59.9 Å². The molecule has 1 heterocycles. The fourth-order valence-corrected chi connectivity index (χ4v) is 3.15. The smallest absolute Gasteiger partial charge is 0.159 e. The lowest BCUT2D eigenvalue weighted by Crippen LogP contribution is -2.11. The number of allylic oxidation sites excluding steroid dienone is 2. The van der Waals surface area contributed by atoms with E-state index in [2.05, 4.69) is 40.9 Å². The number of nitrogens with zero attached hydrogens (tertiary/aromatic N) is 2. The van der Waals surface area contributed by atoms with Crippen LogP contribution in [0.3, 0.4) is 0 Å². The molecular formula is C22H22F2N2. The van der Waals surface area contributed by atoms with Crippen molar-refractivity contribution in [1.29, 1.82) is 0 Å². The maximum Gasteiger partial charge on any atom is 0.159 e. The molecule has 0 radical (unpaired) electrons. The molecule has 1 fully saturated rings. The van der Waals surface area contributed by atoms with Gasteiger partial charge in [-0.15, -0.1) is 0 Å². The van der Waals surface area contributed by atoms with Gasteiger partial charge in [-0.3, -0.25) is 0 Å². The molecule has 1 saturated carbocycles. The summed E-state index contributed by atoms with van der Waals surface area (Å²) in [5, 5.41) is 0. The summed E-state index contributed by atoms with van der Waals surface area (Å²) >= 11 is 0. The van der Waals surface area contributed by atoms with E-state index < -0.39 is 11.6 Å². The summed E-state index contributed by atoms with van der Waals surface area (Å²) < 4.78 is 26.3. The second-order valence-electron chi connectivity index (χ2n) is 6.64. The van der Waals surface area contributed by atoms with Gasteiger partial charge in [0, 0.05) is 23.9 Å². The van der Waals surface area contributed by atoms with Crippen LogP contribution in [-0.2, 0) is 0 Å². The minimum atomic E-state index is -0.903. The van der Waals surface area contributed by atoms with Crippen molar-refractivity contribution in [1.82, 2.24) is 9.97 Å². The molecule has 134 valence electrons. The molecule has 0 saturated heterocycles. The lowest BCUT2D eigenvalue weighted by atomic mass is 9.82. The van der Waals surface area contributed by atoms with Crippen molar-refractivity contribution in [3.8, 4) is 23.2 Å². The first kappa shape index (κ1) is 18.3.